The third-order valence-electron chi connectivity index (χ3n) is 4.72. The van der Waals surface area contributed by atoms with Crippen molar-refractivity contribution < 1.29 is 9.32 Å². The summed E-state index contributed by atoms with van der Waals surface area (Å²) >= 11 is 0. The molecule has 1 amide bonds. The van der Waals surface area contributed by atoms with Crippen LogP contribution in [0.25, 0.3) is 5.69 Å². The SMILES string of the molecule is Cc1cc(C2CCCCN2C(=O)c2cc(=O)n(-c3ccccc3)[nH]2)no1. The van der Waals surface area contributed by atoms with Gasteiger partial charge in [0, 0.05) is 18.7 Å². The summed E-state index contributed by atoms with van der Waals surface area (Å²) in [5, 5.41) is 7.03. The van der Waals surface area contributed by atoms with E-state index in [1.54, 1.807) is 4.90 Å². The summed E-state index contributed by atoms with van der Waals surface area (Å²) in [4.78, 5) is 27.2. The number of hydrogen-bond donors (Lipinski definition) is 1. The van der Waals surface area contributed by atoms with Crippen LogP contribution in [0.4, 0.5) is 0 Å². The quantitative estimate of drug-likeness (QED) is 0.785. The topological polar surface area (TPSA) is 84.1 Å². The summed E-state index contributed by atoms with van der Waals surface area (Å²) in [6, 6.07) is 12.3. The first-order valence-electron chi connectivity index (χ1n) is 8.75. The third kappa shape index (κ3) is 2.96. The maximum Gasteiger partial charge on any atom is 0.272 e. The van der Waals surface area contributed by atoms with Crippen LogP contribution in [0.5, 0.6) is 0 Å². The number of nitrogens with zero attached hydrogens (tertiary/aromatic N) is 3. The predicted molar refractivity (Wildman–Crippen MR) is 95.3 cm³/mol. The molecule has 0 saturated carbocycles. The number of carbonyl (C=O) groups excluding carboxylic acids is 1. The summed E-state index contributed by atoms with van der Waals surface area (Å²) in [6.45, 7) is 2.47. The van der Waals surface area contributed by atoms with Gasteiger partial charge in [0.1, 0.15) is 17.1 Å². The number of amides is 1. The Morgan fingerprint density at radius 3 is 2.77 bits per heavy atom. The van der Waals surface area contributed by atoms with Gasteiger partial charge in [0.2, 0.25) is 0 Å². The van der Waals surface area contributed by atoms with E-state index in [1.807, 2.05) is 43.3 Å². The van der Waals surface area contributed by atoms with E-state index in [2.05, 4.69) is 10.3 Å². The number of rotatable bonds is 3. The number of aromatic amines is 1. The highest BCUT2D eigenvalue weighted by molar-refractivity contribution is 5.92. The Bertz CT molecular complexity index is 970. The van der Waals surface area contributed by atoms with Gasteiger partial charge in [-0.1, -0.05) is 23.4 Å². The number of piperidine rings is 1. The van der Waals surface area contributed by atoms with Crippen molar-refractivity contribution in [1.29, 1.82) is 0 Å². The van der Waals surface area contributed by atoms with Gasteiger partial charge in [0.05, 0.1) is 11.7 Å². The van der Waals surface area contributed by atoms with Gasteiger partial charge in [-0.25, -0.2) is 4.68 Å². The molecule has 0 aliphatic carbocycles. The van der Waals surface area contributed by atoms with Gasteiger partial charge in [-0.05, 0) is 38.3 Å². The standard InChI is InChI=1S/C19H20N4O3/c1-13-11-15(21-26-13)17-9-5-6-10-22(17)19(25)16-12-18(24)23(20-16)14-7-3-2-4-8-14/h2-4,7-8,11-12,17,20H,5-6,9-10H2,1H3. The highest BCUT2D eigenvalue weighted by Crippen LogP contribution is 2.31. The summed E-state index contributed by atoms with van der Waals surface area (Å²) in [5.41, 5.74) is 1.48. The molecular formula is C19H20N4O3. The molecule has 1 aliphatic rings. The number of nitrogens with one attached hydrogen (secondary N) is 1. The van der Waals surface area contributed by atoms with Crippen molar-refractivity contribution in [3.63, 3.8) is 0 Å². The van der Waals surface area contributed by atoms with E-state index in [0.29, 0.717) is 12.2 Å². The lowest BCUT2D eigenvalue weighted by atomic mass is 9.98. The first-order valence-corrected chi connectivity index (χ1v) is 8.75. The highest BCUT2D eigenvalue weighted by Gasteiger charge is 2.31. The molecule has 1 aromatic carbocycles. The fourth-order valence-electron chi connectivity index (χ4n) is 3.45. The molecule has 4 rings (SSSR count). The number of carbonyl (C=O) groups is 1. The van der Waals surface area contributed by atoms with Gasteiger partial charge in [-0.15, -0.1) is 0 Å². The number of H-pyrrole nitrogens is 1. The van der Waals surface area contributed by atoms with E-state index in [0.717, 1.165) is 30.7 Å². The first kappa shape index (κ1) is 16.4. The minimum atomic E-state index is -0.259. The molecule has 1 saturated heterocycles. The number of hydrogen-bond acceptors (Lipinski definition) is 4. The zero-order valence-electron chi connectivity index (χ0n) is 14.5. The Morgan fingerprint density at radius 2 is 2.04 bits per heavy atom. The summed E-state index contributed by atoms with van der Waals surface area (Å²) in [7, 11) is 0. The minimum Gasteiger partial charge on any atom is -0.361 e. The van der Waals surface area contributed by atoms with Crippen LogP contribution in [0.3, 0.4) is 0 Å². The lowest BCUT2D eigenvalue weighted by molar-refractivity contribution is 0.0595. The van der Waals surface area contributed by atoms with Crippen molar-refractivity contribution in [3.05, 3.63) is 70.0 Å². The van der Waals surface area contributed by atoms with Gasteiger partial charge in [-0.2, -0.15) is 0 Å². The number of para-hydroxylation sites is 1. The Balaban J connectivity index is 1.65. The predicted octanol–water partition coefficient (Wildman–Crippen LogP) is 2.83. The van der Waals surface area contributed by atoms with E-state index >= 15 is 0 Å². The smallest absolute Gasteiger partial charge is 0.272 e. The number of benzene rings is 1. The van der Waals surface area contributed by atoms with E-state index < -0.39 is 0 Å². The monoisotopic (exact) mass is 352 g/mol. The molecule has 7 nitrogen and oxygen atoms in total. The molecule has 3 aromatic rings. The van der Waals surface area contributed by atoms with Crippen LogP contribution < -0.4 is 5.56 Å². The molecule has 2 aromatic heterocycles. The van der Waals surface area contributed by atoms with Gasteiger partial charge in [0.25, 0.3) is 11.5 Å². The van der Waals surface area contributed by atoms with Gasteiger partial charge >= 0.3 is 0 Å². The van der Waals surface area contributed by atoms with Crippen LogP contribution in [0.2, 0.25) is 0 Å². The van der Waals surface area contributed by atoms with Crippen molar-refractivity contribution in [2.75, 3.05) is 6.54 Å². The van der Waals surface area contributed by atoms with Crippen molar-refractivity contribution in [1.82, 2.24) is 19.8 Å². The van der Waals surface area contributed by atoms with Gasteiger partial charge in [0.15, 0.2) is 0 Å². The molecule has 1 N–H and O–H groups in total. The van der Waals surface area contributed by atoms with Crippen molar-refractivity contribution in [2.24, 2.45) is 0 Å². The molecule has 1 fully saturated rings. The van der Waals surface area contributed by atoms with Crippen molar-refractivity contribution in [2.45, 2.75) is 32.2 Å². The van der Waals surface area contributed by atoms with Crippen LogP contribution in [0.15, 0.2) is 51.8 Å². The molecular weight excluding hydrogens is 332 g/mol. The summed E-state index contributed by atoms with van der Waals surface area (Å²) < 4.78 is 6.56. The van der Waals surface area contributed by atoms with Crippen molar-refractivity contribution in [3.8, 4) is 5.69 Å². The minimum absolute atomic E-state index is 0.128. The van der Waals surface area contributed by atoms with Crippen molar-refractivity contribution >= 4 is 5.91 Å². The second-order valence-corrected chi connectivity index (χ2v) is 6.55. The lowest BCUT2D eigenvalue weighted by Gasteiger charge is -2.34. The molecule has 1 aliphatic heterocycles. The van der Waals surface area contributed by atoms with E-state index in [1.165, 1.54) is 10.7 Å². The number of likely N-dealkylation sites (tertiary alicyclic amines) is 1. The summed E-state index contributed by atoms with van der Waals surface area (Å²) in [5.74, 6) is 0.531. The number of aromatic nitrogens is 3. The molecule has 0 radical (unpaired) electrons. The molecule has 1 unspecified atom stereocenters. The Morgan fingerprint density at radius 1 is 1.23 bits per heavy atom. The second-order valence-electron chi connectivity index (χ2n) is 6.55. The van der Waals surface area contributed by atoms with Gasteiger partial charge in [-0.3, -0.25) is 14.7 Å². The highest BCUT2D eigenvalue weighted by atomic mass is 16.5. The molecule has 3 heterocycles. The molecule has 0 bridgehead atoms. The molecule has 0 spiro atoms. The molecule has 7 heteroatoms. The Kier molecular flexibility index (Phi) is 4.20. The molecule has 134 valence electrons. The maximum atomic E-state index is 13.1. The molecule has 26 heavy (non-hydrogen) atoms. The number of aryl methyl sites for hydroxylation is 1. The summed E-state index contributed by atoms with van der Waals surface area (Å²) in [6.07, 6.45) is 2.80. The van der Waals surface area contributed by atoms with E-state index in [-0.39, 0.29) is 23.2 Å². The zero-order valence-corrected chi connectivity index (χ0v) is 14.5. The van der Waals surface area contributed by atoms with Crippen LogP contribution >= 0.6 is 0 Å². The average molecular weight is 352 g/mol. The average Bonchev–Trinajstić information content (AvgIpc) is 3.28. The van der Waals surface area contributed by atoms with Crippen LogP contribution in [-0.4, -0.2) is 32.3 Å². The Hall–Kier alpha value is -3.09. The van der Waals surface area contributed by atoms with Crippen LogP contribution in [-0.2, 0) is 0 Å². The first-order chi connectivity index (χ1) is 12.6. The molecule has 1 atom stereocenters. The maximum absolute atomic E-state index is 13.1. The van der Waals surface area contributed by atoms with E-state index in [4.69, 9.17) is 4.52 Å². The lowest BCUT2D eigenvalue weighted by Crippen LogP contribution is -2.39. The third-order valence-corrected chi connectivity index (χ3v) is 4.72. The van der Waals surface area contributed by atoms with Crippen LogP contribution in [0, 0.1) is 6.92 Å². The van der Waals surface area contributed by atoms with Gasteiger partial charge < -0.3 is 9.42 Å². The van der Waals surface area contributed by atoms with E-state index in [9.17, 15) is 9.59 Å². The fraction of sp³-hybridized carbons (Fsp3) is 0.316. The largest absolute Gasteiger partial charge is 0.361 e. The fourth-order valence-corrected chi connectivity index (χ4v) is 3.45. The van der Waals surface area contributed by atoms with Crippen LogP contribution in [0.1, 0.15) is 47.2 Å². The Labute approximate surface area is 150 Å². The second kappa shape index (κ2) is 6.67. The zero-order chi connectivity index (χ0) is 18.1. The normalized spacial score (nSPS) is 17.4.